The van der Waals surface area contributed by atoms with Crippen LogP contribution < -0.4 is 5.32 Å². The fourth-order valence-corrected chi connectivity index (χ4v) is 2.07. The van der Waals surface area contributed by atoms with Gasteiger partial charge in [0.15, 0.2) is 0 Å². The molecule has 1 heterocycles. The fourth-order valence-electron chi connectivity index (χ4n) is 2.07. The van der Waals surface area contributed by atoms with E-state index in [2.05, 4.69) is 47.7 Å². The largest absolute Gasteiger partial charge is 0.394 e. The third-order valence-electron chi connectivity index (χ3n) is 3.16. The van der Waals surface area contributed by atoms with Crippen LogP contribution in [0.25, 0.3) is 0 Å². The Bertz CT molecular complexity index is 524. The molecule has 0 bridgehead atoms. The van der Waals surface area contributed by atoms with Gasteiger partial charge < -0.3 is 10.4 Å². The number of hydrogen-bond acceptors (Lipinski definition) is 4. The number of rotatable bonds is 6. The number of hydrogen-bond donors (Lipinski definition) is 2. The second-order valence-electron chi connectivity index (χ2n) is 4.66. The lowest BCUT2D eigenvalue weighted by Gasteiger charge is -2.15. The minimum atomic E-state index is 0.0792. The normalized spacial score (nSPS) is 12.6. The molecule has 0 aliphatic carbocycles. The van der Waals surface area contributed by atoms with E-state index < -0.39 is 0 Å². The van der Waals surface area contributed by atoms with Gasteiger partial charge in [0.1, 0.15) is 0 Å². The number of aliphatic hydroxyl groups is 1. The summed E-state index contributed by atoms with van der Waals surface area (Å²) in [5, 5.41) is 20.3. The number of aromatic nitrogens is 3. The van der Waals surface area contributed by atoms with Gasteiger partial charge in [0.25, 0.3) is 0 Å². The predicted octanol–water partition coefficient (Wildman–Crippen LogP) is 1.43. The molecule has 0 spiro atoms. The van der Waals surface area contributed by atoms with Gasteiger partial charge in [-0.2, -0.15) is 0 Å². The van der Waals surface area contributed by atoms with Gasteiger partial charge in [0, 0.05) is 18.8 Å². The van der Waals surface area contributed by atoms with E-state index in [9.17, 15) is 0 Å². The van der Waals surface area contributed by atoms with Crippen LogP contribution in [0.15, 0.2) is 30.5 Å². The molecule has 2 N–H and O–H groups in total. The summed E-state index contributed by atoms with van der Waals surface area (Å²) in [7, 11) is 0. The maximum atomic E-state index is 8.82. The Morgan fingerprint density at radius 2 is 2.16 bits per heavy atom. The van der Waals surface area contributed by atoms with Crippen LogP contribution in [0.1, 0.15) is 29.8 Å². The van der Waals surface area contributed by atoms with Gasteiger partial charge in [-0.25, -0.2) is 4.68 Å². The number of benzene rings is 1. The third kappa shape index (κ3) is 3.62. The zero-order valence-electron chi connectivity index (χ0n) is 11.4. The zero-order valence-corrected chi connectivity index (χ0v) is 11.4. The number of nitrogens with one attached hydrogen (secondary N) is 1. The van der Waals surface area contributed by atoms with Crippen molar-refractivity contribution in [3.8, 4) is 0 Å². The highest BCUT2D eigenvalue weighted by molar-refractivity contribution is 5.28. The molecule has 0 saturated carbocycles. The van der Waals surface area contributed by atoms with Crippen molar-refractivity contribution in [2.45, 2.75) is 33.0 Å². The Labute approximate surface area is 113 Å². The molecule has 0 aliphatic heterocycles. The fraction of sp³-hybridized carbons (Fsp3) is 0.429. The summed E-state index contributed by atoms with van der Waals surface area (Å²) in [6, 6.07) is 8.62. The molecule has 5 nitrogen and oxygen atoms in total. The lowest BCUT2D eigenvalue weighted by Crippen LogP contribution is -2.19. The summed E-state index contributed by atoms with van der Waals surface area (Å²) in [5.41, 5.74) is 3.46. The Morgan fingerprint density at radius 3 is 2.89 bits per heavy atom. The number of aryl methyl sites for hydroxylation is 1. The molecule has 0 aliphatic rings. The summed E-state index contributed by atoms with van der Waals surface area (Å²) >= 11 is 0. The topological polar surface area (TPSA) is 63.0 Å². The Balaban J connectivity index is 1.92. The van der Waals surface area contributed by atoms with Gasteiger partial charge in [-0.05, 0) is 25.0 Å². The van der Waals surface area contributed by atoms with Crippen molar-refractivity contribution in [2.75, 3.05) is 6.61 Å². The van der Waals surface area contributed by atoms with Crippen molar-refractivity contribution in [1.82, 2.24) is 20.3 Å². The van der Waals surface area contributed by atoms with Gasteiger partial charge in [-0.1, -0.05) is 29.5 Å². The highest BCUT2D eigenvalue weighted by Gasteiger charge is 2.08. The maximum Gasteiger partial charge on any atom is 0.0965 e. The van der Waals surface area contributed by atoms with Crippen molar-refractivity contribution in [3.05, 3.63) is 47.3 Å². The number of aliphatic hydroxyl groups excluding tert-OH is 1. The van der Waals surface area contributed by atoms with E-state index in [4.69, 9.17) is 5.11 Å². The molecule has 2 aromatic rings. The minimum Gasteiger partial charge on any atom is -0.394 e. The van der Waals surface area contributed by atoms with E-state index in [1.165, 1.54) is 11.1 Å². The summed E-state index contributed by atoms with van der Waals surface area (Å²) in [6.07, 6.45) is 1.85. The van der Waals surface area contributed by atoms with Gasteiger partial charge in [0.2, 0.25) is 0 Å². The van der Waals surface area contributed by atoms with Crippen molar-refractivity contribution >= 4 is 0 Å². The molecule has 0 unspecified atom stereocenters. The van der Waals surface area contributed by atoms with Crippen LogP contribution in [0, 0.1) is 6.92 Å². The highest BCUT2D eigenvalue weighted by atomic mass is 16.3. The van der Waals surface area contributed by atoms with Gasteiger partial charge in [-0.3, -0.25) is 0 Å². The van der Waals surface area contributed by atoms with Crippen LogP contribution in [-0.2, 0) is 13.1 Å². The summed E-state index contributed by atoms with van der Waals surface area (Å²) in [4.78, 5) is 0. The van der Waals surface area contributed by atoms with E-state index in [1.54, 1.807) is 4.68 Å². The summed E-state index contributed by atoms with van der Waals surface area (Å²) in [5.74, 6) is 0. The molecular weight excluding hydrogens is 240 g/mol. The molecule has 1 atom stereocenters. The van der Waals surface area contributed by atoms with E-state index in [0.717, 1.165) is 5.69 Å². The zero-order chi connectivity index (χ0) is 13.7. The second-order valence-corrected chi connectivity index (χ2v) is 4.66. The first-order valence-corrected chi connectivity index (χ1v) is 6.49. The lowest BCUT2D eigenvalue weighted by atomic mass is 10.0. The predicted molar refractivity (Wildman–Crippen MR) is 73.5 cm³/mol. The van der Waals surface area contributed by atoms with E-state index in [1.807, 2.05) is 12.3 Å². The van der Waals surface area contributed by atoms with Crippen molar-refractivity contribution in [1.29, 1.82) is 0 Å². The summed E-state index contributed by atoms with van der Waals surface area (Å²) in [6.45, 7) is 5.49. The average molecular weight is 260 g/mol. The SMILES string of the molecule is Cc1ccccc1[C@H](C)NCc1cn(CCO)nn1. The van der Waals surface area contributed by atoms with Crippen LogP contribution in [0.3, 0.4) is 0 Å². The van der Waals surface area contributed by atoms with Crippen LogP contribution in [0.4, 0.5) is 0 Å². The first-order valence-electron chi connectivity index (χ1n) is 6.49. The van der Waals surface area contributed by atoms with Crippen LogP contribution in [-0.4, -0.2) is 26.7 Å². The highest BCUT2D eigenvalue weighted by Crippen LogP contribution is 2.16. The smallest absolute Gasteiger partial charge is 0.0965 e. The monoisotopic (exact) mass is 260 g/mol. The standard InChI is InChI=1S/C14H20N4O/c1-11-5-3-4-6-14(11)12(2)15-9-13-10-18(7-8-19)17-16-13/h3-6,10,12,15,19H,7-9H2,1-2H3/t12-/m0/s1. The number of nitrogens with zero attached hydrogens (tertiary/aromatic N) is 3. The van der Waals surface area contributed by atoms with Crippen molar-refractivity contribution in [2.24, 2.45) is 0 Å². The molecule has 19 heavy (non-hydrogen) atoms. The molecule has 0 fully saturated rings. The third-order valence-corrected chi connectivity index (χ3v) is 3.16. The van der Waals surface area contributed by atoms with E-state index >= 15 is 0 Å². The summed E-state index contributed by atoms with van der Waals surface area (Å²) < 4.78 is 1.65. The van der Waals surface area contributed by atoms with Gasteiger partial charge >= 0.3 is 0 Å². The van der Waals surface area contributed by atoms with Gasteiger partial charge in [-0.15, -0.1) is 5.10 Å². The van der Waals surface area contributed by atoms with Crippen molar-refractivity contribution in [3.63, 3.8) is 0 Å². The molecule has 5 heteroatoms. The van der Waals surface area contributed by atoms with Crippen LogP contribution >= 0.6 is 0 Å². The van der Waals surface area contributed by atoms with Crippen molar-refractivity contribution < 1.29 is 5.11 Å². The van der Waals surface area contributed by atoms with Crippen LogP contribution in [0.5, 0.6) is 0 Å². The first-order chi connectivity index (χ1) is 9.20. The van der Waals surface area contributed by atoms with Gasteiger partial charge in [0.05, 0.1) is 18.8 Å². The maximum absolute atomic E-state index is 8.82. The molecule has 0 saturated heterocycles. The van der Waals surface area contributed by atoms with E-state index in [-0.39, 0.29) is 12.6 Å². The second kappa shape index (κ2) is 6.45. The minimum absolute atomic E-state index is 0.0792. The van der Waals surface area contributed by atoms with Crippen LogP contribution in [0.2, 0.25) is 0 Å². The lowest BCUT2D eigenvalue weighted by molar-refractivity contribution is 0.268. The Kier molecular flexibility index (Phi) is 4.65. The quantitative estimate of drug-likeness (QED) is 0.824. The first kappa shape index (κ1) is 13.7. The Morgan fingerprint density at radius 1 is 1.37 bits per heavy atom. The molecule has 102 valence electrons. The molecule has 0 radical (unpaired) electrons. The molecule has 0 amide bonds. The Hall–Kier alpha value is -1.72. The molecule has 1 aromatic heterocycles. The molecule has 2 rings (SSSR count). The molecule has 1 aromatic carbocycles. The molecular formula is C14H20N4O. The average Bonchev–Trinajstić information content (AvgIpc) is 2.85. The van der Waals surface area contributed by atoms with E-state index in [0.29, 0.717) is 13.1 Å².